The van der Waals surface area contributed by atoms with Crippen LogP contribution in [0, 0.1) is 0 Å². The Morgan fingerprint density at radius 1 is 1.04 bits per heavy atom. The number of hydrogen-bond acceptors (Lipinski definition) is 5. The lowest BCUT2D eigenvalue weighted by Crippen LogP contribution is -2.29. The quantitative estimate of drug-likeness (QED) is 0.727. The van der Waals surface area contributed by atoms with Crippen LogP contribution in [0.4, 0.5) is 0 Å². The molecule has 0 spiro atoms. The summed E-state index contributed by atoms with van der Waals surface area (Å²) < 4.78 is 27.5. The largest absolute Gasteiger partial charge is 0.255 e. The predicted molar refractivity (Wildman–Crippen MR) is 84.2 cm³/mol. The second-order valence-corrected chi connectivity index (χ2v) is 7.39. The van der Waals surface area contributed by atoms with Crippen molar-refractivity contribution >= 4 is 20.9 Å². The topological polar surface area (TPSA) is 81.0 Å². The van der Waals surface area contributed by atoms with Crippen LogP contribution in [-0.2, 0) is 10.0 Å². The highest BCUT2D eigenvalue weighted by Crippen LogP contribution is 2.29. The SMILES string of the molecule is O=S(=O)(c1cccc2cccnc12)N1CC[C@H](n2nccn2)C1. The molecule has 0 aliphatic carbocycles. The van der Waals surface area contributed by atoms with Crippen LogP contribution in [0.5, 0.6) is 0 Å². The zero-order valence-electron chi connectivity index (χ0n) is 12.3. The maximum absolute atomic E-state index is 13.0. The molecule has 0 radical (unpaired) electrons. The third-order valence-electron chi connectivity index (χ3n) is 4.10. The summed E-state index contributed by atoms with van der Waals surface area (Å²) >= 11 is 0. The van der Waals surface area contributed by atoms with E-state index in [-0.39, 0.29) is 10.9 Å². The number of fused-ring (bicyclic) bond motifs is 1. The Labute approximate surface area is 133 Å². The molecule has 0 saturated carbocycles. The van der Waals surface area contributed by atoms with Gasteiger partial charge in [-0.2, -0.15) is 19.3 Å². The van der Waals surface area contributed by atoms with Crippen LogP contribution >= 0.6 is 0 Å². The van der Waals surface area contributed by atoms with Gasteiger partial charge >= 0.3 is 0 Å². The van der Waals surface area contributed by atoms with Gasteiger partial charge in [-0.3, -0.25) is 4.98 Å². The maximum Gasteiger partial charge on any atom is 0.245 e. The van der Waals surface area contributed by atoms with Crippen molar-refractivity contribution in [3.05, 3.63) is 48.9 Å². The standard InChI is InChI=1S/C15H15N5O2S/c21-23(22,14-5-1-3-12-4-2-7-16-15(12)14)19-10-6-13(11-19)20-17-8-9-18-20/h1-5,7-9,13H,6,10-11H2/t13-/m0/s1. The van der Waals surface area contributed by atoms with Crippen molar-refractivity contribution in [1.29, 1.82) is 0 Å². The number of pyridine rings is 1. The molecule has 1 atom stereocenters. The number of benzene rings is 1. The van der Waals surface area contributed by atoms with E-state index in [1.807, 2.05) is 12.1 Å². The van der Waals surface area contributed by atoms with Gasteiger partial charge in [-0.1, -0.05) is 18.2 Å². The number of sulfonamides is 1. The van der Waals surface area contributed by atoms with Crippen molar-refractivity contribution in [3.63, 3.8) is 0 Å². The Hall–Kier alpha value is -2.32. The molecule has 1 aliphatic heterocycles. The first kappa shape index (κ1) is 14.3. The van der Waals surface area contributed by atoms with E-state index in [1.54, 1.807) is 41.6 Å². The van der Waals surface area contributed by atoms with Crippen LogP contribution in [0.25, 0.3) is 10.9 Å². The van der Waals surface area contributed by atoms with Crippen LogP contribution in [-0.4, -0.2) is 45.8 Å². The second-order valence-electron chi connectivity index (χ2n) is 5.49. The van der Waals surface area contributed by atoms with Gasteiger partial charge in [0, 0.05) is 24.7 Å². The second kappa shape index (κ2) is 5.39. The Morgan fingerprint density at radius 3 is 2.65 bits per heavy atom. The van der Waals surface area contributed by atoms with Gasteiger partial charge in [0.25, 0.3) is 0 Å². The molecule has 0 bridgehead atoms. The van der Waals surface area contributed by atoms with Crippen molar-refractivity contribution < 1.29 is 8.42 Å². The highest BCUT2D eigenvalue weighted by Gasteiger charge is 2.35. The van der Waals surface area contributed by atoms with E-state index in [0.717, 1.165) is 5.39 Å². The molecule has 3 aromatic rings. The normalized spacial score (nSPS) is 19.4. The minimum absolute atomic E-state index is 0.0253. The van der Waals surface area contributed by atoms with E-state index < -0.39 is 10.0 Å². The van der Waals surface area contributed by atoms with E-state index in [4.69, 9.17) is 0 Å². The summed E-state index contributed by atoms with van der Waals surface area (Å²) in [6.07, 6.45) is 5.52. The molecule has 0 N–H and O–H groups in total. The molecule has 3 heterocycles. The van der Waals surface area contributed by atoms with Gasteiger partial charge < -0.3 is 0 Å². The first-order chi connectivity index (χ1) is 11.2. The van der Waals surface area contributed by atoms with E-state index >= 15 is 0 Å². The molecule has 118 valence electrons. The number of para-hydroxylation sites is 1. The smallest absolute Gasteiger partial charge is 0.245 e. The Kier molecular flexibility index (Phi) is 3.35. The zero-order valence-corrected chi connectivity index (χ0v) is 13.1. The maximum atomic E-state index is 13.0. The highest BCUT2D eigenvalue weighted by molar-refractivity contribution is 7.89. The number of aromatic nitrogens is 4. The minimum Gasteiger partial charge on any atom is -0.255 e. The van der Waals surface area contributed by atoms with Gasteiger partial charge in [0.2, 0.25) is 10.0 Å². The fourth-order valence-electron chi connectivity index (χ4n) is 2.96. The van der Waals surface area contributed by atoms with Crippen molar-refractivity contribution in [2.75, 3.05) is 13.1 Å². The summed E-state index contributed by atoms with van der Waals surface area (Å²) in [5.74, 6) is 0. The molecule has 23 heavy (non-hydrogen) atoms. The molecule has 4 rings (SSSR count). The van der Waals surface area contributed by atoms with Crippen molar-refractivity contribution in [3.8, 4) is 0 Å². The summed E-state index contributed by atoms with van der Waals surface area (Å²) in [5.41, 5.74) is 0.510. The lowest BCUT2D eigenvalue weighted by molar-refractivity contribution is 0.402. The monoisotopic (exact) mass is 329 g/mol. The summed E-state index contributed by atoms with van der Waals surface area (Å²) in [5, 5.41) is 9.04. The number of hydrogen-bond donors (Lipinski definition) is 0. The van der Waals surface area contributed by atoms with Gasteiger partial charge in [-0.15, -0.1) is 0 Å². The molecule has 1 saturated heterocycles. The van der Waals surface area contributed by atoms with Gasteiger partial charge in [0.05, 0.1) is 24.0 Å². The lowest BCUT2D eigenvalue weighted by Gasteiger charge is -2.17. The third kappa shape index (κ3) is 2.40. The third-order valence-corrected chi connectivity index (χ3v) is 6.00. The van der Waals surface area contributed by atoms with Crippen molar-refractivity contribution in [2.24, 2.45) is 0 Å². The summed E-state index contributed by atoms with van der Waals surface area (Å²) in [6, 6.07) is 8.86. The van der Waals surface area contributed by atoms with Crippen LogP contribution in [0.15, 0.2) is 53.8 Å². The Balaban J connectivity index is 1.70. The molecule has 0 amide bonds. The summed E-state index contributed by atoms with van der Waals surface area (Å²) in [7, 11) is -3.59. The molecule has 0 unspecified atom stereocenters. The summed E-state index contributed by atoms with van der Waals surface area (Å²) in [6.45, 7) is 0.831. The van der Waals surface area contributed by atoms with Crippen molar-refractivity contribution in [1.82, 2.24) is 24.3 Å². The molecule has 1 aromatic carbocycles. The molecule has 8 heteroatoms. The van der Waals surface area contributed by atoms with E-state index in [0.29, 0.717) is 25.0 Å². The van der Waals surface area contributed by atoms with Crippen molar-refractivity contribution in [2.45, 2.75) is 17.4 Å². The first-order valence-electron chi connectivity index (χ1n) is 7.36. The van der Waals surface area contributed by atoms with E-state index in [1.165, 1.54) is 4.31 Å². The first-order valence-corrected chi connectivity index (χ1v) is 8.80. The van der Waals surface area contributed by atoms with Gasteiger partial charge in [0.1, 0.15) is 4.90 Å². The fraction of sp³-hybridized carbons (Fsp3) is 0.267. The Bertz CT molecular complexity index is 934. The zero-order chi connectivity index (χ0) is 15.9. The van der Waals surface area contributed by atoms with Gasteiger partial charge in [-0.25, -0.2) is 8.42 Å². The Morgan fingerprint density at radius 2 is 1.83 bits per heavy atom. The average Bonchev–Trinajstić information content (AvgIpc) is 3.25. The van der Waals surface area contributed by atoms with Gasteiger partial charge in [0.15, 0.2) is 0 Å². The van der Waals surface area contributed by atoms with Gasteiger partial charge in [-0.05, 0) is 18.6 Å². The van der Waals surface area contributed by atoms with E-state index in [2.05, 4.69) is 15.2 Å². The van der Waals surface area contributed by atoms with Crippen LogP contribution in [0.2, 0.25) is 0 Å². The van der Waals surface area contributed by atoms with E-state index in [9.17, 15) is 8.42 Å². The van der Waals surface area contributed by atoms with Crippen LogP contribution < -0.4 is 0 Å². The molecule has 2 aromatic heterocycles. The molecule has 7 nitrogen and oxygen atoms in total. The highest BCUT2D eigenvalue weighted by atomic mass is 32.2. The molecular formula is C15H15N5O2S. The molecule has 1 fully saturated rings. The molecular weight excluding hydrogens is 314 g/mol. The molecule has 1 aliphatic rings. The average molecular weight is 329 g/mol. The lowest BCUT2D eigenvalue weighted by atomic mass is 10.2. The minimum atomic E-state index is -3.59. The van der Waals surface area contributed by atoms with Crippen LogP contribution in [0.3, 0.4) is 0 Å². The number of rotatable bonds is 3. The summed E-state index contributed by atoms with van der Waals surface area (Å²) in [4.78, 5) is 6.09. The fourth-order valence-corrected chi connectivity index (χ4v) is 4.61. The van der Waals surface area contributed by atoms with Crippen LogP contribution in [0.1, 0.15) is 12.5 Å². The number of nitrogens with zero attached hydrogens (tertiary/aromatic N) is 5. The predicted octanol–water partition coefficient (Wildman–Crippen LogP) is 1.46.